The number of nitrogens with zero attached hydrogens (tertiary/aromatic N) is 2. The first kappa shape index (κ1) is 14.2. The number of nitrogens with two attached hydrogens (primary N) is 1. The average molecular weight is 275 g/mol. The molecule has 0 saturated carbocycles. The Morgan fingerprint density at radius 2 is 1.83 bits per heavy atom. The minimum absolute atomic E-state index is 0.136. The summed E-state index contributed by atoms with van der Waals surface area (Å²) in [7, 11) is -3.25. The van der Waals surface area contributed by atoms with Crippen molar-refractivity contribution in [3.63, 3.8) is 0 Å². The SMILES string of the molecule is CC1CC(C)N(S(=O)(=O)N2CCC(CN)CC2)C1. The molecule has 2 rings (SSSR count). The molecule has 2 fully saturated rings. The molecule has 0 radical (unpaired) electrons. The normalized spacial score (nSPS) is 33.1. The molecule has 0 aromatic carbocycles. The van der Waals surface area contributed by atoms with Crippen LogP contribution in [-0.2, 0) is 10.2 Å². The summed E-state index contributed by atoms with van der Waals surface area (Å²) < 4.78 is 28.4. The van der Waals surface area contributed by atoms with Crippen molar-refractivity contribution in [2.45, 2.75) is 39.2 Å². The van der Waals surface area contributed by atoms with Crippen molar-refractivity contribution in [1.82, 2.24) is 8.61 Å². The van der Waals surface area contributed by atoms with Crippen molar-refractivity contribution in [2.75, 3.05) is 26.2 Å². The molecule has 0 aromatic heterocycles. The molecule has 2 saturated heterocycles. The van der Waals surface area contributed by atoms with Crippen LogP contribution in [0.3, 0.4) is 0 Å². The molecule has 2 aliphatic rings. The smallest absolute Gasteiger partial charge is 0.282 e. The fourth-order valence-electron chi connectivity index (χ4n) is 3.11. The van der Waals surface area contributed by atoms with Gasteiger partial charge in [-0.05, 0) is 44.6 Å². The molecule has 2 unspecified atom stereocenters. The van der Waals surface area contributed by atoms with Crippen LogP contribution in [0.5, 0.6) is 0 Å². The standard InChI is InChI=1S/C12H25N3O2S/c1-10-7-11(2)15(9-10)18(16,17)14-5-3-12(8-13)4-6-14/h10-12H,3-9,13H2,1-2H3. The van der Waals surface area contributed by atoms with Gasteiger partial charge < -0.3 is 5.73 Å². The molecule has 2 aliphatic heterocycles. The van der Waals surface area contributed by atoms with E-state index in [2.05, 4.69) is 6.92 Å². The van der Waals surface area contributed by atoms with Crippen molar-refractivity contribution < 1.29 is 8.42 Å². The average Bonchev–Trinajstić information content (AvgIpc) is 2.69. The van der Waals surface area contributed by atoms with E-state index in [1.54, 1.807) is 8.61 Å². The van der Waals surface area contributed by atoms with Crippen molar-refractivity contribution in [2.24, 2.45) is 17.6 Å². The fraction of sp³-hybridized carbons (Fsp3) is 1.00. The van der Waals surface area contributed by atoms with E-state index >= 15 is 0 Å². The Morgan fingerprint density at radius 1 is 1.22 bits per heavy atom. The first-order valence-electron chi connectivity index (χ1n) is 6.92. The van der Waals surface area contributed by atoms with E-state index < -0.39 is 10.2 Å². The molecule has 2 atom stereocenters. The zero-order valence-electron chi connectivity index (χ0n) is 11.4. The van der Waals surface area contributed by atoms with Gasteiger partial charge in [-0.25, -0.2) is 0 Å². The van der Waals surface area contributed by atoms with Crippen LogP contribution in [0.2, 0.25) is 0 Å². The number of hydrogen-bond donors (Lipinski definition) is 1. The third-order valence-electron chi connectivity index (χ3n) is 4.26. The highest BCUT2D eigenvalue weighted by atomic mass is 32.2. The van der Waals surface area contributed by atoms with Gasteiger partial charge in [-0.3, -0.25) is 0 Å². The van der Waals surface area contributed by atoms with Gasteiger partial charge in [0.05, 0.1) is 0 Å². The minimum Gasteiger partial charge on any atom is -0.330 e. The van der Waals surface area contributed by atoms with Crippen molar-refractivity contribution >= 4 is 10.2 Å². The predicted molar refractivity (Wildman–Crippen MR) is 72.2 cm³/mol. The summed E-state index contributed by atoms with van der Waals surface area (Å²) in [5.74, 6) is 0.961. The molecule has 106 valence electrons. The van der Waals surface area contributed by atoms with Gasteiger partial charge in [0.15, 0.2) is 0 Å². The molecule has 0 bridgehead atoms. The highest BCUT2D eigenvalue weighted by Crippen LogP contribution is 2.29. The molecule has 6 heteroatoms. The summed E-state index contributed by atoms with van der Waals surface area (Å²) in [4.78, 5) is 0. The summed E-state index contributed by atoms with van der Waals surface area (Å²) >= 11 is 0. The van der Waals surface area contributed by atoms with E-state index in [1.807, 2.05) is 6.92 Å². The van der Waals surface area contributed by atoms with E-state index in [9.17, 15) is 8.42 Å². The van der Waals surface area contributed by atoms with Crippen LogP contribution in [0.15, 0.2) is 0 Å². The van der Waals surface area contributed by atoms with Crippen LogP contribution in [0.25, 0.3) is 0 Å². The van der Waals surface area contributed by atoms with E-state index in [0.717, 1.165) is 19.3 Å². The van der Waals surface area contributed by atoms with Gasteiger partial charge in [0.1, 0.15) is 0 Å². The summed E-state index contributed by atoms with van der Waals surface area (Å²) in [5.41, 5.74) is 5.64. The van der Waals surface area contributed by atoms with E-state index in [0.29, 0.717) is 38.0 Å². The molecule has 0 spiro atoms. The predicted octanol–water partition coefficient (Wildman–Crippen LogP) is 0.632. The Morgan fingerprint density at radius 3 is 2.28 bits per heavy atom. The van der Waals surface area contributed by atoms with Gasteiger partial charge >= 0.3 is 0 Å². The zero-order chi connectivity index (χ0) is 13.3. The van der Waals surface area contributed by atoms with Crippen molar-refractivity contribution in [3.05, 3.63) is 0 Å². The van der Waals surface area contributed by atoms with Gasteiger partial charge in [0, 0.05) is 25.7 Å². The zero-order valence-corrected chi connectivity index (χ0v) is 12.2. The molecule has 0 aromatic rings. The summed E-state index contributed by atoms with van der Waals surface area (Å²) in [5, 5.41) is 0. The maximum Gasteiger partial charge on any atom is 0.282 e. The van der Waals surface area contributed by atoms with E-state index in [4.69, 9.17) is 5.73 Å². The Bertz CT molecular complexity index is 377. The Hall–Kier alpha value is -0.170. The second-order valence-electron chi connectivity index (χ2n) is 5.85. The molecule has 0 aliphatic carbocycles. The third kappa shape index (κ3) is 2.71. The number of rotatable bonds is 3. The monoisotopic (exact) mass is 275 g/mol. The second-order valence-corrected chi connectivity index (χ2v) is 7.73. The molecule has 2 N–H and O–H groups in total. The molecule has 0 amide bonds. The van der Waals surface area contributed by atoms with Crippen LogP contribution in [-0.4, -0.2) is 49.2 Å². The topological polar surface area (TPSA) is 66.6 Å². The lowest BCUT2D eigenvalue weighted by Crippen LogP contribution is -2.48. The van der Waals surface area contributed by atoms with Gasteiger partial charge in [-0.15, -0.1) is 0 Å². The molecule has 18 heavy (non-hydrogen) atoms. The Labute approximate surface area is 110 Å². The fourth-order valence-corrected chi connectivity index (χ4v) is 5.06. The lowest BCUT2D eigenvalue weighted by molar-refractivity contribution is 0.255. The summed E-state index contributed by atoms with van der Waals surface area (Å²) in [6, 6.07) is 0.136. The molecule has 2 heterocycles. The lowest BCUT2D eigenvalue weighted by atomic mass is 9.99. The van der Waals surface area contributed by atoms with Crippen LogP contribution >= 0.6 is 0 Å². The largest absolute Gasteiger partial charge is 0.330 e. The first-order chi connectivity index (χ1) is 8.45. The summed E-state index contributed by atoms with van der Waals surface area (Å²) in [6.07, 6.45) is 2.76. The quantitative estimate of drug-likeness (QED) is 0.821. The third-order valence-corrected chi connectivity index (χ3v) is 6.38. The van der Waals surface area contributed by atoms with Crippen molar-refractivity contribution in [3.8, 4) is 0 Å². The highest BCUT2D eigenvalue weighted by Gasteiger charge is 2.39. The Balaban J connectivity index is 2.03. The molecular weight excluding hydrogens is 250 g/mol. The van der Waals surface area contributed by atoms with Gasteiger partial charge in [-0.2, -0.15) is 17.0 Å². The first-order valence-corrected chi connectivity index (χ1v) is 8.31. The van der Waals surface area contributed by atoms with Gasteiger partial charge in [0.25, 0.3) is 10.2 Å². The van der Waals surface area contributed by atoms with Crippen LogP contribution in [0.4, 0.5) is 0 Å². The second kappa shape index (κ2) is 5.45. The molecule has 5 nitrogen and oxygen atoms in total. The summed E-state index contributed by atoms with van der Waals surface area (Å²) in [6.45, 7) is 6.72. The van der Waals surface area contributed by atoms with Crippen LogP contribution < -0.4 is 5.73 Å². The van der Waals surface area contributed by atoms with Crippen molar-refractivity contribution in [1.29, 1.82) is 0 Å². The lowest BCUT2D eigenvalue weighted by Gasteiger charge is -2.34. The maximum absolute atomic E-state index is 12.6. The van der Waals surface area contributed by atoms with E-state index in [-0.39, 0.29) is 6.04 Å². The highest BCUT2D eigenvalue weighted by molar-refractivity contribution is 7.86. The van der Waals surface area contributed by atoms with E-state index in [1.165, 1.54) is 0 Å². The van der Waals surface area contributed by atoms with Gasteiger partial charge in [-0.1, -0.05) is 6.92 Å². The number of piperidine rings is 1. The van der Waals surface area contributed by atoms with Gasteiger partial charge in [0.2, 0.25) is 0 Å². The molecular formula is C12H25N3O2S. The van der Waals surface area contributed by atoms with Crippen LogP contribution in [0.1, 0.15) is 33.1 Å². The number of hydrogen-bond acceptors (Lipinski definition) is 3. The van der Waals surface area contributed by atoms with Crippen LogP contribution in [0, 0.1) is 11.8 Å². The Kier molecular flexibility index (Phi) is 4.31. The minimum atomic E-state index is -3.25. The maximum atomic E-state index is 12.6.